The molecule has 25 heavy (non-hydrogen) atoms. The van der Waals surface area contributed by atoms with E-state index in [2.05, 4.69) is 4.90 Å². The van der Waals surface area contributed by atoms with Crippen LogP contribution in [-0.4, -0.2) is 77.8 Å². The molecule has 0 bridgehead atoms. The first-order chi connectivity index (χ1) is 12.0. The van der Waals surface area contributed by atoms with Gasteiger partial charge in [0.1, 0.15) is 5.69 Å². The second kappa shape index (κ2) is 7.17. The number of aliphatic carboxylic acids is 1. The number of ether oxygens (including phenoxy) is 1. The van der Waals surface area contributed by atoms with Crippen LogP contribution >= 0.6 is 0 Å². The normalized spacial score (nSPS) is 27.1. The third kappa shape index (κ3) is 3.30. The van der Waals surface area contributed by atoms with Gasteiger partial charge >= 0.3 is 5.97 Å². The van der Waals surface area contributed by atoms with Gasteiger partial charge in [0.2, 0.25) is 0 Å². The van der Waals surface area contributed by atoms with Gasteiger partial charge in [0.05, 0.1) is 12.0 Å². The molecule has 7 nitrogen and oxygen atoms in total. The summed E-state index contributed by atoms with van der Waals surface area (Å²) >= 11 is 0. The standard InChI is InChI=1S/C18H27N3O4/c1-19-7-3-5-15(19)16(22)21-8-4-6-18(17(23)24)13-20(9-10-25-2)11-14(18)12-21/h3,5,7,14H,4,6,8-13H2,1-2H3,(H,23,24)/t14-,18+/m1/s1. The van der Waals surface area contributed by atoms with E-state index in [0.29, 0.717) is 44.9 Å². The number of hydrogen-bond donors (Lipinski definition) is 1. The minimum Gasteiger partial charge on any atom is -0.481 e. The van der Waals surface area contributed by atoms with Gasteiger partial charge in [-0.3, -0.25) is 14.5 Å². The number of methoxy groups -OCH3 is 1. The molecule has 3 heterocycles. The first kappa shape index (κ1) is 17.9. The minimum atomic E-state index is -0.753. The largest absolute Gasteiger partial charge is 0.481 e. The number of carbonyl (C=O) groups excluding carboxylic acids is 1. The fourth-order valence-corrected chi connectivity index (χ4v) is 4.31. The maximum Gasteiger partial charge on any atom is 0.311 e. The highest BCUT2D eigenvalue weighted by Crippen LogP contribution is 2.43. The molecule has 0 aliphatic carbocycles. The predicted octanol–water partition coefficient (Wildman–Crippen LogP) is 0.910. The molecule has 2 aliphatic rings. The van der Waals surface area contributed by atoms with E-state index in [1.54, 1.807) is 7.11 Å². The summed E-state index contributed by atoms with van der Waals surface area (Å²) in [6.07, 6.45) is 3.19. The molecule has 138 valence electrons. The van der Waals surface area contributed by atoms with Crippen molar-refractivity contribution in [3.63, 3.8) is 0 Å². The molecule has 2 aliphatic heterocycles. The number of carbonyl (C=O) groups is 2. The molecule has 0 aromatic carbocycles. The van der Waals surface area contributed by atoms with Crippen LogP contribution in [0.1, 0.15) is 23.3 Å². The summed E-state index contributed by atoms with van der Waals surface area (Å²) in [7, 11) is 3.51. The van der Waals surface area contributed by atoms with E-state index < -0.39 is 11.4 Å². The summed E-state index contributed by atoms with van der Waals surface area (Å²) in [4.78, 5) is 29.0. The molecule has 2 fully saturated rings. The molecule has 2 saturated heterocycles. The van der Waals surface area contributed by atoms with Gasteiger partial charge in [-0.2, -0.15) is 0 Å². The fourth-order valence-electron chi connectivity index (χ4n) is 4.31. The maximum absolute atomic E-state index is 12.9. The van der Waals surface area contributed by atoms with Crippen molar-refractivity contribution < 1.29 is 19.4 Å². The van der Waals surface area contributed by atoms with Crippen molar-refractivity contribution in [3.8, 4) is 0 Å². The molecule has 1 aromatic rings. The molecule has 0 unspecified atom stereocenters. The van der Waals surface area contributed by atoms with Crippen molar-refractivity contribution in [2.45, 2.75) is 12.8 Å². The summed E-state index contributed by atoms with van der Waals surface area (Å²) in [6.45, 7) is 3.69. The third-order valence-electron chi connectivity index (χ3n) is 5.75. The molecule has 3 rings (SSSR count). The van der Waals surface area contributed by atoms with Crippen molar-refractivity contribution >= 4 is 11.9 Å². The Hall–Kier alpha value is -1.86. The van der Waals surface area contributed by atoms with E-state index in [1.165, 1.54) is 0 Å². The minimum absolute atomic E-state index is 0.0102. The van der Waals surface area contributed by atoms with Crippen LogP contribution in [0.5, 0.6) is 0 Å². The monoisotopic (exact) mass is 349 g/mol. The summed E-state index contributed by atoms with van der Waals surface area (Å²) in [5.41, 5.74) is -0.103. The van der Waals surface area contributed by atoms with Gasteiger partial charge in [-0.25, -0.2) is 0 Å². The van der Waals surface area contributed by atoms with E-state index in [9.17, 15) is 14.7 Å². The van der Waals surface area contributed by atoms with Crippen molar-refractivity contribution in [3.05, 3.63) is 24.0 Å². The van der Waals surface area contributed by atoms with Gasteiger partial charge in [0.25, 0.3) is 5.91 Å². The average molecular weight is 349 g/mol. The number of carboxylic acid groups (broad SMARTS) is 1. The molecule has 7 heteroatoms. The summed E-state index contributed by atoms with van der Waals surface area (Å²) in [6, 6.07) is 3.67. The Morgan fingerprint density at radius 1 is 1.40 bits per heavy atom. The van der Waals surface area contributed by atoms with E-state index in [4.69, 9.17) is 4.74 Å². The number of nitrogens with zero attached hydrogens (tertiary/aromatic N) is 3. The van der Waals surface area contributed by atoms with Gasteiger partial charge in [-0.1, -0.05) is 0 Å². The maximum atomic E-state index is 12.9. The summed E-state index contributed by atoms with van der Waals surface area (Å²) < 4.78 is 6.96. The molecular formula is C18H27N3O4. The molecule has 2 atom stereocenters. The Balaban J connectivity index is 1.79. The number of fused-ring (bicyclic) bond motifs is 1. The lowest BCUT2D eigenvalue weighted by Gasteiger charge is -2.29. The fraction of sp³-hybridized carbons (Fsp3) is 0.667. The number of carboxylic acids is 1. The summed E-state index contributed by atoms with van der Waals surface area (Å²) in [5, 5.41) is 9.95. The Morgan fingerprint density at radius 2 is 2.20 bits per heavy atom. The smallest absolute Gasteiger partial charge is 0.311 e. The highest BCUT2D eigenvalue weighted by atomic mass is 16.5. The molecule has 1 amide bonds. The van der Waals surface area contributed by atoms with Crippen LogP contribution in [-0.2, 0) is 16.6 Å². The third-order valence-corrected chi connectivity index (χ3v) is 5.75. The number of rotatable bonds is 5. The SMILES string of the molecule is COCCN1C[C@@H]2CN(C(=O)c3cccn3C)CCC[C@]2(C(=O)O)C1. The number of amides is 1. The quantitative estimate of drug-likeness (QED) is 0.855. The van der Waals surface area contributed by atoms with Crippen molar-refractivity contribution in [2.24, 2.45) is 18.4 Å². The van der Waals surface area contributed by atoms with E-state index >= 15 is 0 Å². The van der Waals surface area contributed by atoms with Crippen LogP contribution in [0.15, 0.2) is 18.3 Å². The number of aromatic nitrogens is 1. The lowest BCUT2D eigenvalue weighted by molar-refractivity contribution is -0.151. The number of aryl methyl sites for hydroxylation is 1. The molecule has 0 spiro atoms. The molecule has 0 radical (unpaired) electrons. The zero-order valence-electron chi connectivity index (χ0n) is 15.0. The predicted molar refractivity (Wildman–Crippen MR) is 92.4 cm³/mol. The number of likely N-dealkylation sites (tertiary alicyclic amines) is 2. The van der Waals surface area contributed by atoms with Crippen molar-refractivity contribution in [1.82, 2.24) is 14.4 Å². The van der Waals surface area contributed by atoms with Crippen LogP contribution in [0.25, 0.3) is 0 Å². The lowest BCUT2D eigenvalue weighted by atomic mass is 9.75. The van der Waals surface area contributed by atoms with Gasteiger partial charge in [0.15, 0.2) is 0 Å². The second-order valence-corrected chi connectivity index (χ2v) is 7.25. The van der Waals surface area contributed by atoms with E-state index in [1.807, 2.05) is 34.8 Å². The lowest BCUT2D eigenvalue weighted by Crippen LogP contribution is -2.42. The summed E-state index contributed by atoms with van der Waals surface area (Å²) in [5.74, 6) is -0.789. The first-order valence-corrected chi connectivity index (χ1v) is 8.83. The Labute approximate surface area is 148 Å². The molecule has 1 aromatic heterocycles. The number of hydrogen-bond acceptors (Lipinski definition) is 4. The zero-order chi connectivity index (χ0) is 18.0. The first-order valence-electron chi connectivity index (χ1n) is 8.83. The van der Waals surface area contributed by atoms with E-state index in [0.717, 1.165) is 13.0 Å². The van der Waals surface area contributed by atoms with E-state index in [-0.39, 0.29) is 11.8 Å². The molecule has 0 saturated carbocycles. The Morgan fingerprint density at radius 3 is 2.84 bits per heavy atom. The average Bonchev–Trinajstić information content (AvgIpc) is 3.11. The van der Waals surface area contributed by atoms with Gasteiger partial charge < -0.3 is 19.3 Å². The highest BCUT2D eigenvalue weighted by molar-refractivity contribution is 5.93. The van der Waals surface area contributed by atoms with Crippen LogP contribution in [0.4, 0.5) is 0 Å². The Bertz CT molecular complexity index is 644. The molecular weight excluding hydrogens is 322 g/mol. The zero-order valence-corrected chi connectivity index (χ0v) is 15.0. The highest BCUT2D eigenvalue weighted by Gasteiger charge is 2.53. The van der Waals surface area contributed by atoms with Gasteiger partial charge in [-0.15, -0.1) is 0 Å². The molecule has 1 N–H and O–H groups in total. The van der Waals surface area contributed by atoms with Gasteiger partial charge in [-0.05, 0) is 25.0 Å². The van der Waals surface area contributed by atoms with Crippen LogP contribution in [0.3, 0.4) is 0 Å². The van der Waals surface area contributed by atoms with Crippen molar-refractivity contribution in [1.29, 1.82) is 0 Å². The van der Waals surface area contributed by atoms with Gasteiger partial charge in [0, 0.05) is 59.0 Å². The van der Waals surface area contributed by atoms with Crippen LogP contribution < -0.4 is 0 Å². The van der Waals surface area contributed by atoms with Crippen LogP contribution in [0.2, 0.25) is 0 Å². The van der Waals surface area contributed by atoms with Crippen LogP contribution in [0, 0.1) is 11.3 Å². The second-order valence-electron chi connectivity index (χ2n) is 7.25. The topological polar surface area (TPSA) is 75.0 Å². The van der Waals surface area contributed by atoms with Crippen molar-refractivity contribution in [2.75, 3.05) is 46.4 Å². The Kier molecular flexibility index (Phi) is 5.15.